The molecule has 1 amide bonds. The number of carbonyl (C=O) groups excluding carboxylic acids is 1. The standard InChI is InChI=1S/C16H24N4O2.HI/c1-2-18-16(20-11-14-7-4-8-22-14)19-10-12-5-3-6-13(9-12)15(17)21;/h3,5-6,9,14H,2,4,7-8,10-11H2,1H3,(H2,17,21)(H2,18,19,20);1H. The Morgan fingerprint density at radius 2 is 2.26 bits per heavy atom. The first-order valence-corrected chi connectivity index (χ1v) is 7.71. The molecule has 4 N–H and O–H groups in total. The van der Waals surface area contributed by atoms with E-state index in [-0.39, 0.29) is 30.1 Å². The molecule has 0 aromatic heterocycles. The highest BCUT2D eigenvalue weighted by Crippen LogP contribution is 2.10. The van der Waals surface area contributed by atoms with E-state index in [2.05, 4.69) is 15.6 Å². The van der Waals surface area contributed by atoms with Crippen LogP contribution in [-0.2, 0) is 11.3 Å². The Bertz CT molecular complexity index is 531. The first-order chi connectivity index (χ1) is 10.7. The number of halogens is 1. The third kappa shape index (κ3) is 6.74. The van der Waals surface area contributed by atoms with Gasteiger partial charge in [-0.3, -0.25) is 4.79 Å². The number of carbonyl (C=O) groups is 1. The summed E-state index contributed by atoms with van der Waals surface area (Å²) in [6.07, 6.45) is 2.48. The lowest BCUT2D eigenvalue weighted by molar-refractivity contribution is 0.1000. The summed E-state index contributed by atoms with van der Waals surface area (Å²) in [5.41, 5.74) is 6.74. The number of aliphatic imine (C=N–C) groups is 1. The molecule has 0 spiro atoms. The van der Waals surface area contributed by atoms with Gasteiger partial charge in [-0.2, -0.15) is 0 Å². The van der Waals surface area contributed by atoms with Gasteiger partial charge in [0.2, 0.25) is 5.91 Å². The van der Waals surface area contributed by atoms with Gasteiger partial charge in [0, 0.05) is 25.3 Å². The topological polar surface area (TPSA) is 88.7 Å². The summed E-state index contributed by atoms with van der Waals surface area (Å²) in [5.74, 6) is 0.330. The molecule has 1 aliphatic rings. The molecular weight excluding hydrogens is 407 g/mol. The summed E-state index contributed by atoms with van der Waals surface area (Å²) in [7, 11) is 0. The Hall–Kier alpha value is -1.35. The molecule has 1 unspecified atom stereocenters. The predicted octanol–water partition coefficient (Wildman–Crippen LogP) is 1.64. The highest BCUT2D eigenvalue weighted by atomic mass is 127. The van der Waals surface area contributed by atoms with E-state index in [0.29, 0.717) is 12.1 Å². The smallest absolute Gasteiger partial charge is 0.248 e. The molecule has 1 atom stereocenters. The number of ether oxygens (including phenoxy) is 1. The SMILES string of the molecule is CCNC(=NCc1cccc(C(N)=O)c1)NCC1CCCO1.I. The monoisotopic (exact) mass is 432 g/mol. The van der Waals surface area contributed by atoms with E-state index in [1.54, 1.807) is 12.1 Å². The lowest BCUT2D eigenvalue weighted by Gasteiger charge is -2.14. The average Bonchev–Trinajstić information content (AvgIpc) is 3.03. The van der Waals surface area contributed by atoms with Crippen LogP contribution in [0.2, 0.25) is 0 Å². The molecule has 6 nitrogen and oxygen atoms in total. The summed E-state index contributed by atoms with van der Waals surface area (Å²) in [5, 5.41) is 6.50. The van der Waals surface area contributed by atoms with E-state index in [1.807, 2.05) is 19.1 Å². The van der Waals surface area contributed by atoms with Gasteiger partial charge in [0.05, 0.1) is 12.6 Å². The molecule has 1 heterocycles. The van der Waals surface area contributed by atoms with Gasteiger partial charge in [0.25, 0.3) is 0 Å². The Morgan fingerprint density at radius 3 is 2.91 bits per heavy atom. The predicted molar refractivity (Wildman–Crippen MR) is 102 cm³/mol. The molecule has 23 heavy (non-hydrogen) atoms. The maximum atomic E-state index is 11.2. The molecular formula is C16H25IN4O2. The van der Waals surface area contributed by atoms with Gasteiger partial charge in [0.15, 0.2) is 5.96 Å². The van der Waals surface area contributed by atoms with Crippen LogP contribution >= 0.6 is 24.0 Å². The zero-order valence-electron chi connectivity index (χ0n) is 13.4. The van der Waals surface area contributed by atoms with Crippen LogP contribution in [0.4, 0.5) is 0 Å². The number of primary amides is 1. The second-order valence-electron chi connectivity index (χ2n) is 5.28. The van der Waals surface area contributed by atoms with E-state index in [0.717, 1.165) is 44.1 Å². The Morgan fingerprint density at radius 1 is 1.43 bits per heavy atom. The fourth-order valence-electron chi connectivity index (χ4n) is 2.35. The summed E-state index contributed by atoms with van der Waals surface area (Å²) in [4.78, 5) is 15.7. The van der Waals surface area contributed by atoms with Gasteiger partial charge in [-0.25, -0.2) is 4.99 Å². The molecule has 128 valence electrons. The zero-order chi connectivity index (χ0) is 15.8. The van der Waals surface area contributed by atoms with Crippen molar-refractivity contribution in [1.82, 2.24) is 10.6 Å². The molecule has 1 aromatic rings. The highest BCUT2D eigenvalue weighted by Gasteiger charge is 2.15. The maximum absolute atomic E-state index is 11.2. The second kappa shape index (κ2) is 10.4. The number of rotatable bonds is 6. The van der Waals surface area contributed by atoms with Crippen molar-refractivity contribution in [2.24, 2.45) is 10.7 Å². The molecule has 1 fully saturated rings. The number of guanidine groups is 1. The van der Waals surface area contributed by atoms with Gasteiger partial charge in [0.1, 0.15) is 0 Å². The van der Waals surface area contributed by atoms with E-state index < -0.39 is 5.91 Å². The first-order valence-electron chi connectivity index (χ1n) is 7.71. The molecule has 1 aromatic carbocycles. The molecule has 1 aliphatic heterocycles. The summed E-state index contributed by atoms with van der Waals surface area (Å²) < 4.78 is 5.59. The third-order valence-electron chi connectivity index (χ3n) is 3.50. The van der Waals surface area contributed by atoms with Crippen LogP contribution in [0.3, 0.4) is 0 Å². The van der Waals surface area contributed by atoms with Gasteiger partial charge in [-0.15, -0.1) is 24.0 Å². The van der Waals surface area contributed by atoms with Crippen molar-refractivity contribution < 1.29 is 9.53 Å². The largest absolute Gasteiger partial charge is 0.376 e. The Labute approximate surface area is 154 Å². The second-order valence-corrected chi connectivity index (χ2v) is 5.28. The Kier molecular flexibility index (Phi) is 8.93. The van der Waals surface area contributed by atoms with Crippen molar-refractivity contribution in [2.75, 3.05) is 19.7 Å². The molecule has 2 rings (SSSR count). The molecule has 0 radical (unpaired) electrons. The molecule has 1 saturated heterocycles. The lowest BCUT2D eigenvalue weighted by atomic mass is 10.1. The summed E-state index contributed by atoms with van der Waals surface area (Å²) in [6.45, 7) is 4.91. The Balaban J connectivity index is 0.00000264. The van der Waals surface area contributed by atoms with Gasteiger partial charge in [-0.1, -0.05) is 12.1 Å². The number of amides is 1. The fraction of sp³-hybridized carbons (Fsp3) is 0.500. The van der Waals surface area contributed by atoms with Crippen molar-refractivity contribution in [2.45, 2.75) is 32.4 Å². The minimum atomic E-state index is -0.422. The average molecular weight is 432 g/mol. The first kappa shape index (κ1) is 19.7. The molecule has 0 saturated carbocycles. The van der Waals surface area contributed by atoms with Crippen molar-refractivity contribution in [3.05, 3.63) is 35.4 Å². The van der Waals surface area contributed by atoms with Crippen LogP contribution in [0.5, 0.6) is 0 Å². The summed E-state index contributed by atoms with van der Waals surface area (Å²) in [6, 6.07) is 7.23. The normalized spacial score (nSPS) is 17.4. The number of nitrogens with zero attached hydrogens (tertiary/aromatic N) is 1. The van der Waals surface area contributed by atoms with E-state index in [4.69, 9.17) is 10.5 Å². The molecule has 7 heteroatoms. The number of hydrogen-bond acceptors (Lipinski definition) is 3. The number of nitrogens with two attached hydrogens (primary N) is 1. The van der Waals surface area contributed by atoms with Gasteiger partial charge < -0.3 is 21.1 Å². The van der Waals surface area contributed by atoms with Crippen molar-refractivity contribution in [3.8, 4) is 0 Å². The maximum Gasteiger partial charge on any atom is 0.248 e. The quantitative estimate of drug-likeness (QED) is 0.362. The fourth-order valence-corrected chi connectivity index (χ4v) is 2.35. The van der Waals surface area contributed by atoms with Crippen LogP contribution in [0.15, 0.2) is 29.3 Å². The van der Waals surface area contributed by atoms with Crippen LogP contribution in [0.1, 0.15) is 35.7 Å². The van der Waals surface area contributed by atoms with Crippen LogP contribution in [0.25, 0.3) is 0 Å². The number of nitrogens with one attached hydrogen (secondary N) is 2. The highest BCUT2D eigenvalue weighted by molar-refractivity contribution is 14.0. The van der Waals surface area contributed by atoms with Crippen molar-refractivity contribution in [3.63, 3.8) is 0 Å². The van der Waals surface area contributed by atoms with Crippen LogP contribution in [0, 0.1) is 0 Å². The minimum Gasteiger partial charge on any atom is -0.376 e. The van der Waals surface area contributed by atoms with Crippen molar-refractivity contribution in [1.29, 1.82) is 0 Å². The van der Waals surface area contributed by atoms with E-state index >= 15 is 0 Å². The lowest BCUT2D eigenvalue weighted by Crippen LogP contribution is -2.41. The van der Waals surface area contributed by atoms with Crippen LogP contribution < -0.4 is 16.4 Å². The van der Waals surface area contributed by atoms with Crippen LogP contribution in [-0.4, -0.2) is 37.7 Å². The molecule has 0 bridgehead atoms. The zero-order valence-corrected chi connectivity index (χ0v) is 15.7. The van der Waals surface area contributed by atoms with Gasteiger partial charge in [-0.05, 0) is 37.5 Å². The van der Waals surface area contributed by atoms with E-state index in [1.165, 1.54) is 0 Å². The summed E-state index contributed by atoms with van der Waals surface area (Å²) >= 11 is 0. The molecule has 0 aliphatic carbocycles. The van der Waals surface area contributed by atoms with E-state index in [9.17, 15) is 4.79 Å². The number of hydrogen-bond donors (Lipinski definition) is 3. The minimum absolute atomic E-state index is 0. The van der Waals surface area contributed by atoms with Crippen molar-refractivity contribution >= 4 is 35.8 Å². The van der Waals surface area contributed by atoms with Gasteiger partial charge >= 0.3 is 0 Å². The third-order valence-corrected chi connectivity index (χ3v) is 3.50. The number of benzene rings is 1.